The Labute approximate surface area is 89.7 Å². The van der Waals surface area contributed by atoms with Crippen LogP contribution in [-0.2, 0) is 10.8 Å². The average Bonchev–Trinajstić information content (AvgIpc) is 2.46. The molecular formula is C9H12OS3. The summed E-state index contributed by atoms with van der Waals surface area (Å²) in [7, 11) is -0.864. The minimum atomic E-state index is -0.864. The molecule has 13 heavy (non-hydrogen) atoms. The molecule has 0 aromatic carbocycles. The summed E-state index contributed by atoms with van der Waals surface area (Å²) in [4.78, 5) is 2.46. The Morgan fingerprint density at radius 2 is 2.31 bits per heavy atom. The molecule has 0 bridgehead atoms. The van der Waals surface area contributed by atoms with Gasteiger partial charge in [0.25, 0.3) is 0 Å². The topological polar surface area (TPSA) is 17.1 Å². The van der Waals surface area contributed by atoms with E-state index >= 15 is 0 Å². The third kappa shape index (κ3) is 3.29. The number of aryl methyl sites for hydroxylation is 1. The summed E-state index contributed by atoms with van der Waals surface area (Å²) in [5.41, 5.74) is 0. The zero-order valence-corrected chi connectivity index (χ0v) is 10.3. The van der Waals surface area contributed by atoms with E-state index in [0.29, 0.717) is 0 Å². The van der Waals surface area contributed by atoms with Crippen molar-refractivity contribution in [3.8, 4) is 0 Å². The Kier molecular flexibility index (Phi) is 4.22. The quantitative estimate of drug-likeness (QED) is 0.796. The maximum Gasteiger partial charge on any atom is 0.0724 e. The SMILES string of the molecule is CS/C(=C\c1ccc(C)s1)[S@](C)=O. The Bertz CT molecular complexity index is 338. The van der Waals surface area contributed by atoms with Crippen LogP contribution < -0.4 is 0 Å². The van der Waals surface area contributed by atoms with Crippen LogP contribution in [0.5, 0.6) is 0 Å². The van der Waals surface area contributed by atoms with Gasteiger partial charge in [-0.25, -0.2) is 0 Å². The molecule has 0 spiro atoms. The molecule has 0 aliphatic heterocycles. The highest BCUT2D eigenvalue weighted by Gasteiger charge is 2.01. The Balaban J connectivity index is 2.91. The van der Waals surface area contributed by atoms with E-state index < -0.39 is 10.8 Å². The highest BCUT2D eigenvalue weighted by Crippen LogP contribution is 2.23. The van der Waals surface area contributed by atoms with Gasteiger partial charge in [0.05, 0.1) is 15.0 Å². The van der Waals surface area contributed by atoms with Crippen molar-refractivity contribution in [2.24, 2.45) is 0 Å². The van der Waals surface area contributed by atoms with Gasteiger partial charge in [-0.05, 0) is 31.4 Å². The molecule has 0 aliphatic carbocycles. The zero-order valence-electron chi connectivity index (χ0n) is 7.87. The van der Waals surface area contributed by atoms with E-state index in [2.05, 4.69) is 19.1 Å². The van der Waals surface area contributed by atoms with Crippen molar-refractivity contribution >= 4 is 40.0 Å². The predicted octanol–water partition coefficient (Wildman–Crippen LogP) is 3.10. The van der Waals surface area contributed by atoms with Crippen LogP contribution in [0.2, 0.25) is 0 Å². The summed E-state index contributed by atoms with van der Waals surface area (Å²) >= 11 is 3.27. The van der Waals surface area contributed by atoms with Gasteiger partial charge in [-0.2, -0.15) is 0 Å². The minimum Gasteiger partial charge on any atom is -0.254 e. The van der Waals surface area contributed by atoms with Gasteiger partial charge in [0.15, 0.2) is 0 Å². The molecule has 0 radical (unpaired) electrons. The molecule has 0 N–H and O–H groups in total. The lowest BCUT2D eigenvalue weighted by Gasteiger charge is -1.96. The molecule has 1 atom stereocenters. The standard InChI is InChI=1S/C9H12OS3/c1-7-4-5-8(12-7)6-9(11-2)13(3)10/h4-6H,1-3H3/b9-6+/t13-/m0/s1. The number of thiophene rings is 1. The van der Waals surface area contributed by atoms with Gasteiger partial charge < -0.3 is 0 Å². The summed E-state index contributed by atoms with van der Waals surface area (Å²) in [5.74, 6) is 0. The summed E-state index contributed by atoms with van der Waals surface area (Å²) in [6.07, 6.45) is 5.66. The van der Waals surface area contributed by atoms with Crippen molar-refractivity contribution in [3.63, 3.8) is 0 Å². The van der Waals surface area contributed by atoms with E-state index in [0.717, 1.165) is 4.24 Å². The third-order valence-corrected chi connectivity index (χ3v) is 4.86. The fourth-order valence-electron chi connectivity index (χ4n) is 0.906. The Morgan fingerprint density at radius 3 is 2.69 bits per heavy atom. The molecule has 72 valence electrons. The molecule has 1 aromatic rings. The molecular weight excluding hydrogens is 220 g/mol. The van der Waals surface area contributed by atoms with Crippen molar-refractivity contribution in [1.29, 1.82) is 0 Å². The van der Waals surface area contributed by atoms with Crippen molar-refractivity contribution < 1.29 is 4.21 Å². The first kappa shape index (κ1) is 11.0. The number of hydrogen-bond donors (Lipinski definition) is 0. The molecule has 1 aromatic heterocycles. The molecule has 0 unspecified atom stereocenters. The summed E-state index contributed by atoms with van der Waals surface area (Å²) < 4.78 is 12.1. The zero-order chi connectivity index (χ0) is 9.84. The molecule has 0 saturated heterocycles. The lowest BCUT2D eigenvalue weighted by Crippen LogP contribution is -1.85. The highest BCUT2D eigenvalue weighted by molar-refractivity contribution is 8.16. The van der Waals surface area contributed by atoms with Crippen LogP contribution in [0.15, 0.2) is 16.4 Å². The van der Waals surface area contributed by atoms with Gasteiger partial charge >= 0.3 is 0 Å². The smallest absolute Gasteiger partial charge is 0.0724 e. The van der Waals surface area contributed by atoms with Crippen molar-refractivity contribution in [1.82, 2.24) is 0 Å². The van der Waals surface area contributed by atoms with Crippen LogP contribution in [0.1, 0.15) is 9.75 Å². The summed E-state index contributed by atoms with van der Waals surface area (Å²) in [6, 6.07) is 4.14. The van der Waals surface area contributed by atoms with E-state index in [1.807, 2.05) is 12.3 Å². The molecule has 0 amide bonds. The first-order chi connectivity index (χ1) is 6.13. The van der Waals surface area contributed by atoms with Crippen LogP contribution in [0.3, 0.4) is 0 Å². The van der Waals surface area contributed by atoms with Crippen LogP contribution >= 0.6 is 23.1 Å². The summed E-state index contributed by atoms with van der Waals surface area (Å²) in [6.45, 7) is 2.07. The van der Waals surface area contributed by atoms with E-state index in [9.17, 15) is 4.21 Å². The fraction of sp³-hybridized carbons (Fsp3) is 0.333. The fourth-order valence-corrected chi connectivity index (χ4v) is 3.35. The van der Waals surface area contributed by atoms with Crippen molar-refractivity contribution in [2.75, 3.05) is 12.5 Å². The second kappa shape index (κ2) is 4.98. The predicted molar refractivity (Wildman–Crippen MR) is 64.6 cm³/mol. The minimum absolute atomic E-state index is 0.864. The first-order valence-electron chi connectivity index (χ1n) is 3.79. The van der Waals surface area contributed by atoms with Crippen LogP contribution in [0.4, 0.5) is 0 Å². The van der Waals surface area contributed by atoms with E-state index in [1.54, 1.807) is 29.4 Å². The second-order valence-electron chi connectivity index (χ2n) is 2.57. The normalized spacial score (nSPS) is 14.5. The van der Waals surface area contributed by atoms with E-state index in [4.69, 9.17) is 0 Å². The number of rotatable bonds is 3. The second-order valence-corrected chi connectivity index (χ2v) is 6.34. The van der Waals surface area contributed by atoms with Gasteiger partial charge in [-0.1, -0.05) is 0 Å². The molecule has 0 aliphatic rings. The maximum absolute atomic E-state index is 11.2. The third-order valence-electron chi connectivity index (χ3n) is 1.51. The molecule has 1 nitrogen and oxygen atoms in total. The van der Waals surface area contributed by atoms with Gasteiger partial charge in [0, 0.05) is 16.0 Å². The Morgan fingerprint density at radius 1 is 1.62 bits per heavy atom. The lowest BCUT2D eigenvalue weighted by atomic mass is 10.4. The van der Waals surface area contributed by atoms with Gasteiger partial charge in [0.2, 0.25) is 0 Å². The molecule has 1 rings (SSSR count). The van der Waals surface area contributed by atoms with Gasteiger partial charge in [-0.3, -0.25) is 4.21 Å². The molecule has 1 heterocycles. The van der Waals surface area contributed by atoms with Crippen LogP contribution in [-0.4, -0.2) is 16.7 Å². The molecule has 4 heteroatoms. The first-order valence-corrected chi connectivity index (χ1v) is 7.39. The lowest BCUT2D eigenvalue weighted by molar-refractivity contribution is 0.691. The maximum atomic E-state index is 11.2. The highest BCUT2D eigenvalue weighted by atomic mass is 32.2. The monoisotopic (exact) mass is 232 g/mol. The van der Waals surface area contributed by atoms with Gasteiger partial charge in [0.1, 0.15) is 0 Å². The van der Waals surface area contributed by atoms with Crippen molar-refractivity contribution in [3.05, 3.63) is 26.1 Å². The average molecular weight is 232 g/mol. The largest absolute Gasteiger partial charge is 0.254 e. The van der Waals surface area contributed by atoms with Gasteiger partial charge in [-0.15, -0.1) is 23.1 Å². The number of thioether (sulfide) groups is 1. The van der Waals surface area contributed by atoms with E-state index in [-0.39, 0.29) is 0 Å². The molecule has 0 fully saturated rings. The van der Waals surface area contributed by atoms with Crippen molar-refractivity contribution in [2.45, 2.75) is 6.92 Å². The number of hydrogen-bond acceptors (Lipinski definition) is 3. The Hall–Kier alpha value is -0.0600. The van der Waals surface area contributed by atoms with E-state index in [1.165, 1.54) is 9.75 Å². The van der Waals surface area contributed by atoms with Crippen LogP contribution in [0, 0.1) is 6.92 Å². The van der Waals surface area contributed by atoms with Crippen LogP contribution in [0.25, 0.3) is 6.08 Å². The summed E-state index contributed by atoms with van der Waals surface area (Å²) in [5, 5.41) is 0. The molecule has 0 saturated carbocycles.